The first-order valence-electron chi connectivity index (χ1n) is 4.65. The highest BCUT2D eigenvalue weighted by atomic mass is 79.9. The van der Waals surface area contributed by atoms with Gasteiger partial charge in [-0.25, -0.2) is 0 Å². The molecule has 2 N–H and O–H groups in total. The average molecular weight is 260 g/mol. The van der Waals surface area contributed by atoms with Crippen LogP contribution in [0.5, 0.6) is 0 Å². The van der Waals surface area contributed by atoms with Gasteiger partial charge in [0, 0.05) is 6.42 Å². The van der Waals surface area contributed by atoms with Gasteiger partial charge in [-0.3, -0.25) is 4.79 Å². The second-order valence-corrected chi connectivity index (χ2v) is 4.09. The van der Waals surface area contributed by atoms with Crippen LogP contribution in [-0.4, -0.2) is 12.3 Å². The molecule has 0 spiro atoms. The van der Waals surface area contributed by atoms with Crippen LogP contribution in [0.4, 0.5) is 0 Å². The van der Waals surface area contributed by atoms with Gasteiger partial charge < -0.3 is 10.2 Å². The van der Waals surface area contributed by atoms with Crippen LogP contribution in [0.2, 0.25) is 0 Å². The van der Waals surface area contributed by atoms with Crippen molar-refractivity contribution in [3.05, 3.63) is 22.6 Å². The lowest BCUT2D eigenvalue weighted by molar-refractivity contribution is 0.0933. The summed E-state index contributed by atoms with van der Waals surface area (Å²) < 4.78 is 5.80. The highest BCUT2D eigenvalue weighted by Gasteiger charge is 2.17. The summed E-state index contributed by atoms with van der Waals surface area (Å²) in [4.78, 5) is 11.7. The van der Waals surface area contributed by atoms with Crippen molar-refractivity contribution >= 4 is 21.7 Å². The third kappa shape index (κ3) is 2.69. The molecule has 0 fully saturated rings. The number of furan rings is 1. The molecule has 1 rings (SSSR count). The van der Waals surface area contributed by atoms with Gasteiger partial charge in [-0.1, -0.05) is 13.3 Å². The quantitative estimate of drug-likeness (QED) is 0.828. The van der Waals surface area contributed by atoms with Crippen LogP contribution < -0.4 is 5.73 Å². The van der Waals surface area contributed by atoms with E-state index in [9.17, 15) is 4.79 Å². The summed E-state index contributed by atoms with van der Waals surface area (Å²) in [6.45, 7) is 2.57. The lowest BCUT2D eigenvalue weighted by Gasteiger charge is -2.09. The second-order valence-electron chi connectivity index (χ2n) is 3.23. The van der Waals surface area contributed by atoms with Crippen molar-refractivity contribution in [2.24, 2.45) is 11.7 Å². The van der Waals surface area contributed by atoms with E-state index in [2.05, 4.69) is 15.9 Å². The zero-order valence-corrected chi connectivity index (χ0v) is 9.71. The highest BCUT2D eigenvalue weighted by Crippen LogP contribution is 2.21. The van der Waals surface area contributed by atoms with Gasteiger partial charge in [-0.15, -0.1) is 0 Å². The summed E-state index contributed by atoms with van der Waals surface area (Å²) in [7, 11) is 0. The average Bonchev–Trinajstić information content (AvgIpc) is 2.60. The van der Waals surface area contributed by atoms with Gasteiger partial charge in [0.2, 0.25) is 0 Å². The molecule has 1 aromatic heterocycles. The normalized spacial score (nSPS) is 12.8. The molecule has 0 aromatic carbocycles. The van der Waals surface area contributed by atoms with Gasteiger partial charge >= 0.3 is 0 Å². The van der Waals surface area contributed by atoms with Crippen molar-refractivity contribution in [3.8, 4) is 0 Å². The summed E-state index contributed by atoms with van der Waals surface area (Å²) >= 11 is 3.25. The maximum atomic E-state index is 11.7. The number of ketones is 1. The number of carbonyl (C=O) groups excluding carboxylic acids is 1. The van der Waals surface area contributed by atoms with Crippen molar-refractivity contribution in [2.45, 2.75) is 19.8 Å². The molecule has 1 unspecified atom stereocenters. The van der Waals surface area contributed by atoms with E-state index in [4.69, 9.17) is 10.2 Å². The number of Topliss-reactive ketones (excluding diaryl/α,β-unsaturated/α-hetero) is 1. The second kappa shape index (κ2) is 5.32. The molecule has 1 aromatic rings. The first kappa shape index (κ1) is 11.5. The molecule has 78 valence electrons. The molecule has 14 heavy (non-hydrogen) atoms. The zero-order valence-electron chi connectivity index (χ0n) is 8.13. The Morgan fingerprint density at radius 1 is 1.71 bits per heavy atom. The molecule has 0 aliphatic heterocycles. The number of hydrogen-bond donors (Lipinski definition) is 1. The summed E-state index contributed by atoms with van der Waals surface area (Å²) in [5.41, 5.74) is 5.53. The minimum Gasteiger partial charge on any atom is -0.460 e. The molecule has 0 radical (unpaired) electrons. The lowest BCUT2D eigenvalue weighted by Crippen LogP contribution is -2.17. The Labute approximate surface area is 91.8 Å². The Hall–Kier alpha value is -0.610. The van der Waals surface area contributed by atoms with E-state index in [1.54, 1.807) is 6.07 Å². The maximum absolute atomic E-state index is 11.7. The van der Waals surface area contributed by atoms with Gasteiger partial charge in [0.1, 0.15) is 0 Å². The Morgan fingerprint density at radius 3 is 2.86 bits per heavy atom. The summed E-state index contributed by atoms with van der Waals surface area (Å²) in [5.74, 6) is 0.663. The predicted molar refractivity (Wildman–Crippen MR) is 58.2 cm³/mol. The third-order valence-corrected chi connectivity index (χ3v) is 2.88. The molecule has 0 bridgehead atoms. The van der Waals surface area contributed by atoms with E-state index in [-0.39, 0.29) is 11.7 Å². The zero-order chi connectivity index (χ0) is 10.6. The van der Waals surface area contributed by atoms with Crippen molar-refractivity contribution in [2.75, 3.05) is 6.54 Å². The molecule has 3 nitrogen and oxygen atoms in total. The fourth-order valence-corrected chi connectivity index (χ4v) is 1.66. The largest absolute Gasteiger partial charge is 0.460 e. The smallest absolute Gasteiger partial charge is 0.199 e. The standard InChI is InChI=1S/C10H14BrNO2/c1-2-7(6-12)5-9(13)10-8(11)3-4-14-10/h3-4,7H,2,5-6,12H2,1H3. The van der Waals surface area contributed by atoms with Crippen molar-refractivity contribution in [1.29, 1.82) is 0 Å². The van der Waals surface area contributed by atoms with Crippen LogP contribution >= 0.6 is 15.9 Å². The first-order valence-corrected chi connectivity index (χ1v) is 5.44. The summed E-state index contributed by atoms with van der Waals surface area (Å²) in [5, 5.41) is 0. The van der Waals surface area contributed by atoms with Gasteiger partial charge in [0.15, 0.2) is 11.5 Å². The summed E-state index contributed by atoms with van der Waals surface area (Å²) in [6, 6.07) is 1.72. The molecular formula is C10H14BrNO2. The molecule has 1 heterocycles. The molecule has 1 atom stereocenters. The number of hydrogen-bond acceptors (Lipinski definition) is 3. The van der Waals surface area contributed by atoms with Crippen molar-refractivity contribution in [1.82, 2.24) is 0 Å². The summed E-state index contributed by atoms with van der Waals surface area (Å²) in [6.07, 6.45) is 2.88. The van der Waals surface area contributed by atoms with Crippen molar-refractivity contribution in [3.63, 3.8) is 0 Å². The Bertz CT molecular complexity index is 305. The number of halogens is 1. The van der Waals surface area contributed by atoms with Crippen LogP contribution in [0.1, 0.15) is 30.3 Å². The first-order chi connectivity index (χ1) is 6.69. The van der Waals surface area contributed by atoms with Crippen LogP contribution in [0.3, 0.4) is 0 Å². The maximum Gasteiger partial charge on any atom is 0.199 e. The SMILES string of the molecule is CCC(CN)CC(=O)c1occc1Br. The Balaban J connectivity index is 2.63. The molecule has 0 saturated carbocycles. The number of rotatable bonds is 5. The third-order valence-electron chi connectivity index (χ3n) is 2.26. The van der Waals surface area contributed by atoms with E-state index in [1.165, 1.54) is 6.26 Å². The highest BCUT2D eigenvalue weighted by molar-refractivity contribution is 9.10. The van der Waals surface area contributed by atoms with Crippen LogP contribution in [0, 0.1) is 5.92 Å². The predicted octanol–water partition coefficient (Wildman–Crippen LogP) is 2.60. The fraction of sp³-hybridized carbons (Fsp3) is 0.500. The Kier molecular flexibility index (Phi) is 4.35. The lowest BCUT2D eigenvalue weighted by atomic mass is 9.99. The van der Waals surface area contributed by atoms with Crippen LogP contribution in [-0.2, 0) is 0 Å². The Morgan fingerprint density at radius 2 is 2.43 bits per heavy atom. The fourth-order valence-electron chi connectivity index (χ4n) is 1.24. The molecule has 0 saturated heterocycles. The molecule has 0 aliphatic rings. The van der Waals surface area contributed by atoms with Gasteiger partial charge in [-0.2, -0.15) is 0 Å². The van der Waals surface area contributed by atoms with Gasteiger partial charge in [-0.05, 0) is 34.5 Å². The van der Waals surface area contributed by atoms with E-state index < -0.39 is 0 Å². The monoisotopic (exact) mass is 259 g/mol. The van der Waals surface area contributed by atoms with Crippen molar-refractivity contribution < 1.29 is 9.21 Å². The van der Waals surface area contributed by atoms with E-state index in [1.807, 2.05) is 6.92 Å². The minimum absolute atomic E-state index is 0.0131. The van der Waals surface area contributed by atoms with Gasteiger partial charge in [0.25, 0.3) is 0 Å². The molecule has 0 aliphatic carbocycles. The molecule has 0 amide bonds. The van der Waals surface area contributed by atoms with E-state index in [0.29, 0.717) is 18.7 Å². The minimum atomic E-state index is 0.0131. The molecular weight excluding hydrogens is 246 g/mol. The number of carbonyl (C=O) groups is 1. The van der Waals surface area contributed by atoms with Crippen LogP contribution in [0.15, 0.2) is 21.2 Å². The number of nitrogens with two attached hydrogens (primary N) is 1. The van der Waals surface area contributed by atoms with E-state index in [0.717, 1.165) is 10.9 Å². The van der Waals surface area contributed by atoms with Crippen LogP contribution in [0.25, 0.3) is 0 Å². The van der Waals surface area contributed by atoms with E-state index >= 15 is 0 Å². The van der Waals surface area contributed by atoms with Gasteiger partial charge in [0.05, 0.1) is 10.7 Å². The topological polar surface area (TPSA) is 56.2 Å². The molecule has 4 heteroatoms.